The summed E-state index contributed by atoms with van der Waals surface area (Å²) in [5, 5.41) is 1.22. The topological polar surface area (TPSA) is 34.4 Å². The van der Waals surface area contributed by atoms with Crippen molar-refractivity contribution >= 4 is 40.4 Å². The quantitative estimate of drug-likeness (QED) is 0.573. The number of carbonyl (C=O) groups excluding carboxylic acids is 1. The minimum atomic E-state index is -0.298. The van der Waals surface area contributed by atoms with Crippen LogP contribution in [-0.4, -0.2) is 10.5 Å². The molecule has 6 heteroatoms. The monoisotopic (exact) mass is 390 g/mol. The van der Waals surface area contributed by atoms with Crippen LogP contribution in [0.25, 0.3) is 11.3 Å². The fourth-order valence-electron chi connectivity index (χ4n) is 2.64. The number of aromatic nitrogens is 1. The molecule has 0 aliphatic rings. The van der Waals surface area contributed by atoms with Gasteiger partial charge in [0.25, 0.3) is 5.91 Å². The average molecular weight is 391 g/mol. The van der Waals surface area contributed by atoms with Crippen molar-refractivity contribution in [2.24, 2.45) is 4.99 Å². The smallest absolute Gasteiger partial charge is 0.279 e. The highest BCUT2D eigenvalue weighted by molar-refractivity contribution is 7.09. The molecule has 0 aliphatic carbocycles. The van der Waals surface area contributed by atoms with E-state index in [1.165, 1.54) is 11.3 Å². The van der Waals surface area contributed by atoms with E-state index in [0.717, 1.165) is 16.1 Å². The van der Waals surface area contributed by atoms with E-state index >= 15 is 0 Å². The number of thiazole rings is 1. The second kappa shape index (κ2) is 7.56. The molecule has 0 unspecified atom stereocenters. The number of amides is 1. The summed E-state index contributed by atoms with van der Waals surface area (Å²) in [5.41, 5.74) is 2.59. The Kier molecular flexibility index (Phi) is 5.42. The molecule has 0 atom stereocenters. The Labute approximate surface area is 160 Å². The van der Waals surface area contributed by atoms with Crippen LogP contribution in [0.5, 0.6) is 0 Å². The van der Waals surface area contributed by atoms with Crippen molar-refractivity contribution < 1.29 is 4.79 Å². The van der Waals surface area contributed by atoms with Gasteiger partial charge in [-0.25, -0.2) is 0 Å². The first kappa shape index (κ1) is 17.9. The number of hydrogen-bond donors (Lipinski definition) is 0. The number of benzene rings is 2. The summed E-state index contributed by atoms with van der Waals surface area (Å²) in [5.74, 6) is -0.298. The molecule has 1 amide bonds. The summed E-state index contributed by atoms with van der Waals surface area (Å²) in [6, 6.07) is 14.5. The highest BCUT2D eigenvalue weighted by Gasteiger charge is 2.13. The van der Waals surface area contributed by atoms with Gasteiger partial charge in [0.05, 0.1) is 5.69 Å². The summed E-state index contributed by atoms with van der Waals surface area (Å²) in [6.07, 6.45) is 0. The molecule has 1 aromatic heterocycles. The molecule has 0 radical (unpaired) electrons. The number of nitrogens with zero attached hydrogens (tertiary/aromatic N) is 2. The van der Waals surface area contributed by atoms with Crippen LogP contribution in [0.2, 0.25) is 10.0 Å². The van der Waals surface area contributed by atoms with E-state index in [9.17, 15) is 4.79 Å². The van der Waals surface area contributed by atoms with Crippen LogP contribution in [-0.2, 0) is 6.54 Å². The van der Waals surface area contributed by atoms with Crippen molar-refractivity contribution in [3.05, 3.63) is 73.8 Å². The normalized spacial score (nSPS) is 11.8. The van der Waals surface area contributed by atoms with E-state index in [-0.39, 0.29) is 5.91 Å². The van der Waals surface area contributed by atoms with Gasteiger partial charge >= 0.3 is 0 Å². The van der Waals surface area contributed by atoms with E-state index in [2.05, 4.69) is 4.99 Å². The van der Waals surface area contributed by atoms with Crippen molar-refractivity contribution in [2.45, 2.75) is 20.4 Å². The zero-order valence-electron chi connectivity index (χ0n) is 13.8. The third-order valence-electron chi connectivity index (χ3n) is 3.78. The first-order chi connectivity index (χ1) is 12.0. The second-order valence-electron chi connectivity index (χ2n) is 5.47. The lowest BCUT2D eigenvalue weighted by Crippen LogP contribution is -2.17. The van der Waals surface area contributed by atoms with Crippen molar-refractivity contribution in [1.82, 2.24) is 4.57 Å². The minimum Gasteiger partial charge on any atom is -0.316 e. The molecule has 3 rings (SSSR count). The zero-order valence-corrected chi connectivity index (χ0v) is 16.1. The molecular formula is C19H16Cl2N2OS. The molecule has 2 aromatic carbocycles. The van der Waals surface area contributed by atoms with Gasteiger partial charge in [0.2, 0.25) is 0 Å². The lowest BCUT2D eigenvalue weighted by molar-refractivity contribution is 0.0998. The van der Waals surface area contributed by atoms with Gasteiger partial charge in [-0.05, 0) is 49.7 Å². The molecule has 0 N–H and O–H groups in total. The molecule has 0 aliphatic heterocycles. The predicted octanol–water partition coefficient (Wildman–Crippen LogP) is 5.59. The summed E-state index contributed by atoms with van der Waals surface area (Å²) in [6.45, 7) is 4.78. The van der Waals surface area contributed by atoms with Gasteiger partial charge in [-0.15, -0.1) is 11.3 Å². The Morgan fingerprint density at radius 2 is 1.84 bits per heavy atom. The molecule has 128 valence electrons. The maximum absolute atomic E-state index is 12.5. The van der Waals surface area contributed by atoms with Gasteiger partial charge in [-0.3, -0.25) is 4.79 Å². The van der Waals surface area contributed by atoms with Crippen molar-refractivity contribution in [3.63, 3.8) is 0 Å². The van der Waals surface area contributed by atoms with Gasteiger partial charge in [-0.1, -0.05) is 41.4 Å². The van der Waals surface area contributed by atoms with Crippen LogP contribution in [0.3, 0.4) is 0 Å². The fraction of sp³-hybridized carbons (Fsp3) is 0.158. The summed E-state index contributed by atoms with van der Waals surface area (Å²) in [4.78, 5) is 18.6. The number of halogens is 2. The van der Waals surface area contributed by atoms with Crippen LogP contribution in [0.15, 0.2) is 53.5 Å². The van der Waals surface area contributed by atoms with Crippen LogP contribution in [0.4, 0.5) is 0 Å². The maximum atomic E-state index is 12.5. The zero-order chi connectivity index (χ0) is 18.0. The van der Waals surface area contributed by atoms with E-state index in [1.807, 2.05) is 42.7 Å². The van der Waals surface area contributed by atoms with Gasteiger partial charge < -0.3 is 4.57 Å². The van der Waals surface area contributed by atoms with Crippen molar-refractivity contribution in [1.29, 1.82) is 0 Å². The largest absolute Gasteiger partial charge is 0.316 e. The maximum Gasteiger partial charge on any atom is 0.279 e. The number of hydrogen-bond acceptors (Lipinski definition) is 2. The van der Waals surface area contributed by atoms with Gasteiger partial charge in [0.15, 0.2) is 4.80 Å². The van der Waals surface area contributed by atoms with Crippen LogP contribution < -0.4 is 4.80 Å². The molecule has 1 heterocycles. The summed E-state index contributed by atoms with van der Waals surface area (Å²) < 4.78 is 2.05. The van der Waals surface area contributed by atoms with Crippen molar-refractivity contribution in [2.75, 3.05) is 0 Å². The summed E-state index contributed by atoms with van der Waals surface area (Å²) in [7, 11) is 0. The molecule has 3 nitrogen and oxygen atoms in total. The second-order valence-corrected chi connectivity index (χ2v) is 7.52. The average Bonchev–Trinajstić information content (AvgIpc) is 2.90. The van der Waals surface area contributed by atoms with Crippen molar-refractivity contribution in [3.8, 4) is 11.3 Å². The third kappa shape index (κ3) is 3.87. The van der Waals surface area contributed by atoms with Crippen LogP contribution in [0.1, 0.15) is 22.2 Å². The lowest BCUT2D eigenvalue weighted by atomic mass is 10.1. The van der Waals surface area contributed by atoms with Crippen LogP contribution >= 0.6 is 34.5 Å². The first-order valence-corrected chi connectivity index (χ1v) is 9.37. The highest BCUT2D eigenvalue weighted by atomic mass is 35.5. The fourth-order valence-corrected chi connectivity index (χ4v) is 4.02. The molecule has 0 saturated carbocycles. The number of aryl methyl sites for hydroxylation is 1. The summed E-state index contributed by atoms with van der Waals surface area (Å²) >= 11 is 13.5. The SMILES string of the molecule is CCn1c(-c2ccc(Cl)cc2)c(C)sc1=NC(=O)c1cccc(Cl)c1. The Bertz CT molecular complexity index is 987. The van der Waals surface area contributed by atoms with E-state index in [1.54, 1.807) is 24.3 Å². The lowest BCUT2D eigenvalue weighted by Gasteiger charge is -2.07. The highest BCUT2D eigenvalue weighted by Crippen LogP contribution is 2.26. The Morgan fingerprint density at radius 3 is 2.48 bits per heavy atom. The van der Waals surface area contributed by atoms with Gasteiger partial charge in [0.1, 0.15) is 0 Å². The van der Waals surface area contributed by atoms with Gasteiger partial charge in [0, 0.05) is 27.0 Å². The molecule has 3 aromatic rings. The Balaban J connectivity index is 2.10. The van der Waals surface area contributed by atoms with E-state index in [0.29, 0.717) is 27.0 Å². The molecular weight excluding hydrogens is 375 g/mol. The first-order valence-electron chi connectivity index (χ1n) is 7.80. The molecule has 25 heavy (non-hydrogen) atoms. The molecule has 0 fully saturated rings. The van der Waals surface area contributed by atoms with Crippen LogP contribution in [0, 0.1) is 6.92 Å². The van der Waals surface area contributed by atoms with Gasteiger partial charge in [-0.2, -0.15) is 4.99 Å². The molecule has 0 saturated heterocycles. The predicted molar refractivity (Wildman–Crippen MR) is 105 cm³/mol. The molecule has 0 spiro atoms. The van der Waals surface area contributed by atoms with E-state index in [4.69, 9.17) is 23.2 Å². The third-order valence-corrected chi connectivity index (χ3v) is 5.26. The molecule has 0 bridgehead atoms. The Hall–Kier alpha value is -1.88. The number of rotatable bonds is 3. The van der Waals surface area contributed by atoms with E-state index < -0.39 is 0 Å². The Morgan fingerprint density at radius 1 is 1.12 bits per heavy atom. The standard InChI is InChI=1S/C19H16Cl2N2OS/c1-3-23-17(13-7-9-15(20)10-8-13)12(2)25-19(23)22-18(24)14-5-4-6-16(21)11-14/h4-11H,3H2,1-2H3. The minimum absolute atomic E-state index is 0.298. The number of carbonyl (C=O) groups is 1.